The SMILES string of the molecule is N[C@@](Cc1cccs1)(NC(CCc1ccccc1)C(=O)O)C(=O)O. The summed E-state index contributed by atoms with van der Waals surface area (Å²) in [6.45, 7) is 0. The smallest absolute Gasteiger partial charge is 0.339 e. The number of aliphatic carboxylic acids is 2. The van der Waals surface area contributed by atoms with Crippen molar-refractivity contribution >= 4 is 23.3 Å². The van der Waals surface area contributed by atoms with E-state index in [1.54, 1.807) is 12.1 Å². The lowest BCUT2D eigenvalue weighted by molar-refractivity contribution is -0.147. The number of benzene rings is 1. The van der Waals surface area contributed by atoms with E-state index in [9.17, 15) is 19.8 Å². The van der Waals surface area contributed by atoms with Crippen LogP contribution < -0.4 is 11.1 Å². The molecule has 0 aliphatic heterocycles. The molecule has 1 aromatic heterocycles. The molecule has 5 N–H and O–H groups in total. The first-order chi connectivity index (χ1) is 11.4. The van der Waals surface area contributed by atoms with Crippen molar-refractivity contribution in [1.82, 2.24) is 5.32 Å². The number of nitrogens with one attached hydrogen (secondary N) is 1. The Morgan fingerprint density at radius 1 is 1.17 bits per heavy atom. The van der Waals surface area contributed by atoms with E-state index in [4.69, 9.17) is 5.73 Å². The number of rotatable bonds is 9. The Labute approximate surface area is 143 Å². The van der Waals surface area contributed by atoms with Crippen LogP contribution in [0.5, 0.6) is 0 Å². The van der Waals surface area contributed by atoms with Gasteiger partial charge in [-0.25, -0.2) is 4.79 Å². The molecule has 24 heavy (non-hydrogen) atoms. The van der Waals surface area contributed by atoms with Gasteiger partial charge in [-0.2, -0.15) is 0 Å². The van der Waals surface area contributed by atoms with Gasteiger partial charge >= 0.3 is 11.9 Å². The second-order valence-electron chi connectivity index (χ2n) is 5.59. The van der Waals surface area contributed by atoms with Gasteiger partial charge in [0.1, 0.15) is 6.04 Å². The molecule has 0 aliphatic carbocycles. The summed E-state index contributed by atoms with van der Waals surface area (Å²) in [6.07, 6.45) is 0.782. The molecule has 0 radical (unpaired) electrons. The van der Waals surface area contributed by atoms with Gasteiger partial charge in [-0.05, 0) is 29.9 Å². The van der Waals surface area contributed by atoms with E-state index in [2.05, 4.69) is 5.32 Å². The van der Waals surface area contributed by atoms with Crippen LogP contribution in [0, 0.1) is 0 Å². The van der Waals surface area contributed by atoms with Gasteiger partial charge < -0.3 is 15.9 Å². The van der Waals surface area contributed by atoms with Crippen LogP contribution in [0.4, 0.5) is 0 Å². The van der Waals surface area contributed by atoms with E-state index < -0.39 is 23.6 Å². The van der Waals surface area contributed by atoms with Crippen LogP contribution in [0.15, 0.2) is 47.8 Å². The number of nitrogens with two attached hydrogens (primary N) is 1. The van der Waals surface area contributed by atoms with Crippen molar-refractivity contribution in [3.05, 3.63) is 58.3 Å². The largest absolute Gasteiger partial charge is 0.480 e. The Bertz CT molecular complexity index is 675. The highest BCUT2D eigenvalue weighted by atomic mass is 32.1. The first-order valence-electron chi connectivity index (χ1n) is 7.50. The molecule has 0 fully saturated rings. The lowest BCUT2D eigenvalue weighted by Gasteiger charge is -2.29. The highest BCUT2D eigenvalue weighted by Gasteiger charge is 2.38. The lowest BCUT2D eigenvalue weighted by Crippen LogP contribution is -2.65. The third-order valence-corrected chi connectivity index (χ3v) is 4.59. The zero-order chi connectivity index (χ0) is 17.6. The minimum atomic E-state index is -1.83. The summed E-state index contributed by atoms with van der Waals surface area (Å²) in [5.41, 5.74) is 5.13. The van der Waals surface area contributed by atoms with Crippen LogP contribution in [0.1, 0.15) is 16.9 Å². The molecule has 128 valence electrons. The van der Waals surface area contributed by atoms with Gasteiger partial charge in [0.15, 0.2) is 5.66 Å². The van der Waals surface area contributed by atoms with Crippen molar-refractivity contribution < 1.29 is 19.8 Å². The minimum absolute atomic E-state index is 0.0229. The van der Waals surface area contributed by atoms with E-state index in [0.717, 1.165) is 10.4 Å². The predicted octanol–water partition coefficient (Wildman–Crippen LogP) is 1.71. The topological polar surface area (TPSA) is 113 Å². The molecule has 0 aliphatic rings. The molecule has 0 spiro atoms. The third kappa shape index (κ3) is 4.89. The molecule has 7 heteroatoms. The number of carbonyl (C=O) groups is 2. The molecule has 1 heterocycles. The fourth-order valence-electron chi connectivity index (χ4n) is 2.40. The minimum Gasteiger partial charge on any atom is -0.480 e. The Kier molecular flexibility index (Phi) is 6.08. The van der Waals surface area contributed by atoms with E-state index in [1.807, 2.05) is 35.7 Å². The van der Waals surface area contributed by atoms with Gasteiger partial charge in [0, 0.05) is 11.3 Å². The van der Waals surface area contributed by atoms with Crippen LogP contribution >= 0.6 is 11.3 Å². The van der Waals surface area contributed by atoms with Crippen LogP contribution in [0.3, 0.4) is 0 Å². The Morgan fingerprint density at radius 3 is 2.42 bits per heavy atom. The van der Waals surface area contributed by atoms with Crippen LogP contribution in [-0.2, 0) is 22.4 Å². The summed E-state index contributed by atoms with van der Waals surface area (Å²) in [5, 5.41) is 23.3. The van der Waals surface area contributed by atoms with Crippen molar-refractivity contribution in [1.29, 1.82) is 0 Å². The molecule has 0 amide bonds. The maximum atomic E-state index is 11.6. The highest BCUT2D eigenvalue weighted by molar-refractivity contribution is 7.09. The molecule has 0 saturated carbocycles. The second kappa shape index (κ2) is 8.05. The third-order valence-electron chi connectivity index (χ3n) is 3.71. The number of hydrogen-bond acceptors (Lipinski definition) is 5. The van der Waals surface area contributed by atoms with Crippen molar-refractivity contribution in [2.24, 2.45) is 5.73 Å². The van der Waals surface area contributed by atoms with E-state index in [1.165, 1.54) is 11.3 Å². The summed E-state index contributed by atoms with van der Waals surface area (Å²) >= 11 is 1.38. The summed E-state index contributed by atoms with van der Waals surface area (Å²) in [5.74, 6) is -2.39. The van der Waals surface area contributed by atoms with Crippen LogP contribution in [0.25, 0.3) is 0 Å². The monoisotopic (exact) mass is 348 g/mol. The highest BCUT2D eigenvalue weighted by Crippen LogP contribution is 2.17. The summed E-state index contributed by atoms with van der Waals surface area (Å²) < 4.78 is 0. The number of carboxylic acids is 2. The first kappa shape index (κ1) is 18.1. The summed E-state index contributed by atoms with van der Waals surface area (Å²) in [7, 11) is 0. The standard InChI is InChI=1S/C17H20N2O4S/c18-17(16(22)23,11-13-7-4-10-24-13)19-14(15(20)21)9-8-12-5-2-1-3-6-12/h1-7,10,14,19H,8-9,11,18H2,(H,20,21)(H,22,23)/t14?,17-/m0/s1. The molecule has 2 aromatic rings. The number of hydrogen-bond donors (Lipinski definition) is 4. The predicted molar refractivity (Wildman–Crippen MR) is 91.9 cm³/mol. The average molecular weight is 348 g/mol. The Balaban J connectivity index is 2.08. The Hall–Kier alpha value is -2.22. The lowest BCUT2D eigenvalue weighted by atomic mass is 10.0. The van der Waals surface area contributed by atoms with Crippen molar-refractivity contribution in [3.8, 4) is 0 Å². The van der Waals surface area contributed by atoms with E-state index in [-0.39, 0.29) is 12.8 Å². The molecule has 2 rings (SSSR count). The Morgan fingerprint density at radius 2 is 1.88 bits per heavy atom. The fraction of sp³-hybridized carbons (Fsp3) is 0.294. The van der Waals surface area contributed by atoms with Crippen molar-refractivity contribution in [2.45, 2.75) is 31.0 Å². The molecular weight excluding hydrogens is 328 g/mol. The van der Waals surface area contributed by atoms with Gasteiger partial charge in [0.25, 0.3) is 0 Å². The molecule has 1 unspecified atom stereocenters. The van der Waals surface area contributed by atoms with E-state index in [0.29, 0.717) is 6.42 Å². The zero-order valence-electron chi connectivity index (χ0n) is 13.0. The van der Waals surface area contributed by atoms with Crippen molar-refractivity contribution in [3.63, 3.8) is 0 Å². The molecule has 1 aromatic carbocycles. The fourth-order valence-corrected chi connectivity index (χ4v) is 3.20. The van der Waals surface area contributed by atoms with Gasteiger partial charge in [0.2, 0.25) is 0 Å². The van der Waals surface area contributed by atoms with Gasteiger partial charge in [-0.1, -0.05) is 36.4 Å². The van der Waals surface area contributed by atoms with Crippen LogP contribution in [-0.4, -0.2) is 33.9 Å². The quantitative estimate of drug-likeness (QED) is 0.513. The number of thiophene rings is 1. The molecule has 2 atom stereocenters. The maximum Gasteiger partial charge on any atom is 0.339 e. The zero-order valence-corrected chi connectivity index (χ0v) is 13.8. The molecule has 6 nitrogen and oxygen atoms in total. The average Bonchev–Trinajstić information content (AvgIpc) is 3.04. The van der Waals surface area contributed by atoms with Gasteiger partial charge in [0.05, 0.1) is 0 Å². The summed E-state index contributed by atoms with van der Waals surface area (Å²) in [6, 6.07) is 12.0. The van der Waals surface area contributed by atoms with Gasteiger partial charge in [-0.15, -0.1) is 11.3 Å². The number of carboxylic acid groups (broad SMARTS) is 2. The van der Waals surface area contributed by atoms with E-state index >= 15 is 0 Å². The molecular formula is C17H20N2O4S. The molecule has 0 bridgehead atoms. The molecule has 0 saturated heterocycles. The second-order valence-corrected chi connectivity index (χ2v) is 6.62. The maximum absolute atomic E-state index is 11.6. The van der Waals surface area contributed by atoms with Crippen LogP contribution in [0.2, 0.25) is 0 Å². The number of aryl methyl sites for hydroxylation is 1. The summed E-state index contributed by atoms with van der Waals surface area (Å²) in [4.78, 5) is 23.9. The van der Waals surface area contributed by atoms with Crippen molar-refractivity contribution in [2.75, 3.05) is 0 Å². The first-order valence-corrected chi connectivity index (χ1v) is 8.38. The normalized spacial score (nSPS) is 14.7. The van der Waals surface area contributed by atoms with Gasteiger partial charge in [-0.3, -0.25) is 10.1 Å².